The topological polar surface area (TPSA) is 3.24 Å². The maximum absolute atomic E-state index is 13.9. The van der Waals surface area contributed by atoms with E-state index in [1.807, 2.05) is 17.8 Å². The summed E-state index contributed by atoms with van der Waals surface area (Å²) in [5.41, 5.74) is 1.82. The second-order valence-electron chi connectivity index (χ2n) is 4.01. The molecule has 1 aliphatic rings. The minimum atomic E-state index is -0.101. The van der Waals surface area contributed by atoms with Gasteiger partial charge >= 0.3 is 0 Å². The number of hydrogen-bond acceptors (Lipinski definition) is 2. The van der Waals surface area contributed by atoms with Crippen molar-refractivity contribution in [2.75, 3.05) is 23.7 Å². The maximum atomic E-state index is 13.9. The van der Waals surface area contributed by atoms with Crippen LogP contribution in [0.25, 0.3) is 0 Å². The van der Waals surface area contributed by atoms with Gasteiger partial charge in [0, 0.05) is 29.4 Å². The highest BCUT2D eigenvalue weighted by Gasteiger charge is 2.21. The minimum Gasteiger partial charge on any atom is -0.367 e. The van der Waals surface area contributed by atoms with Gasteiger partial charge in [-0.2, -0.15) is 11.8 Å². The predicted octanol–water partition coefficient (Wildman–Crippen LogP) is 3.66. The molecule has 0 bridgehead atoms. The van der Waals surface area contributed by atoms with Crippen molar-refractivity contribution < 1.29 is 4.39 Å². The molecule has 1 aromatic carbocycles. The number of para-hydroxylation sites is 1. The Bertz CT molecular complexity index is 372. The number of alkyl halides is 1. The first-order chi connectivity index (χ1) is 7.72. The monoisotopic (exact) mass is 303 g/mol. The van der Waals surface area contributed by atoms with E-state index >= 15 is 0 Å². The summed E-state index contributed by atoms with van der Waals surface area (Å²) in [6, 6.07) is 5.31. The third-order valence-corrected chi connectivity index (χ3v) is 4.51. The smallest absolute Gasteiger partial charge is 0.146 e. The molecule has 1 aromatic rings. The summed E-state index contributed by atoms with van der Waals surface area (Å²) in [4.78, 5) is 2.17. The fourth-order valence-electron chi connectivity index (χ4n) is 2.04. The summed E-state index contributed by atoms with van der Waals surface area (Å²) in [5.74, 6) is 0.980. The van der Waals surface area contributed by atoms with Crippen molar-refractivity contribution in [2.45, 2.75) is 17.5 Å². The van der Waals surface area contributed by atoms with E-state index in [0.29, 0.717) is 10.6 Å². The van der Waals surface area contributed by atoms with E-state index < -0.39 is 0 Å². The average Bonchev–Trinajstić information content (AvgIpc) is 2.28. The fraction of sp³-hybridized carbons (Fsp3) is 0.500. The molecule has 0 aromatic heterocycles. The second kappa shape index (κ2) is 5.41. The molecule has 4 heteroatoms. The normalized spacial score (nSPS) is 21.2. The summed E-state index contributed by atoms with van der Waals surface area (Å²) in [6.07, 6.45) is 0. The summed E-state index contributed by atoms with van der Waals surface area (Å²) < 4.78 is 13.9. The molecular formula is C12H15BrFNS. The van der Waals surface area contributed by atoms with Crippen molar-refractivity contribution in [3.8, 4) is 0 Å². The van der Waals surface area contributed by atoms with Crippen molar-refractivity contribution in [1.82, 2.24) is 0 Å². The maximum Gasteiger partial charge on any atom is 0.146 e. The highest BCUT2D eigenvalue weighted by atomic mass is 79.9. The molecule has 0 radical (unpaired) electrons. The molecule has 1 fully saturated rings. The van der Waals surface area contributed by atoms with Crippen LogP contribution in [-0.4, -0.2) is 24.1 Å². The molecule has 0 spiro atoms. The lowest BCUT2D eigenvalue weighted by Crippen LogP contribution is -2.37. The van der Waals surface area contributed by atoms with Gasteiger partial charge in [0.05, 0.1) is 5.69 Å². The van der Waals surface area contributed by atoms with Crippen molar-refractivity contribution in [1.29, 1.82) is 0 Å². The summed E-state index contributed by atoms with van der Waals surface area (Å²) in [7, 11) is 0. The van der Waals surface area contributed by atoms with Crippen LogP contribution in [0.15, 0.2) is 18.2 Å². The molecule has 1 saturated heterocycles. The van der Waals surface area contributed by atoms with E-state index in [0.717, 1.165) is 30.1 Å². The number of rotatable bonds is 2. The predicted molar refractivity (Wildman–Crippen MR) is 73.2 cm³/mol. The Morgan fingerprint density at radius 1 is 1.56 bits per heavy atom. The third-order valence-electron chi connectivity index (χ3n) is 2.77. The quantitative estimate of drug-likeness (QED) is 0.767. The Labute approximate surface area is 109 Å². The van der Waals surface area contributed by atoms with E-state index in [2.05, 4.69) is 27.8 Å². The lowest BCUT2D eigenvalue weighted by Gasteiger charge is -2.33. The number of nitrogens with zero attached hydrogens (tertiary/aromatic N) is 1. The highest BCUT2D eigenvalue weighted by Crippen LogP contribution is 2.30. The van der Waals surface area contributed by atoms with Crippen LogP contribution in [0.3, 0.4) is 0 Å². The zero-order valence-corrected chi connectivity index (χ0v) is 11.7. The Hall–Kier alpha value is -0.220. The van der Waals surface area contributed by atoms with Gasteiger partial charge in [-0.15, -0.1) is 0 Å². The van der Waals surface area contributed by atoms with Crippen LogP contribution >= 0.6 is 27.7 Å². The Morgan fingerprint density at radius 3 is 3.06 bits per heavy atom. The van der Waals surface area contributed by atoms with Gasteiger partial charge < -0.3 is 4.90 Å². The van der Waals surface area contributed by atoms with E-state index in [1.54, 1.807) is 12.1 Å². The fourth-order valence-corrected chi connectivity index (χ4v) is 3.51. The SMILES string of the molecule is CC1CN(c2c(F)cccc2CBr)CCS1. The van der Waals surface area contributed by atoms with E-state index in [4.69, 9.17) is 0 Å². The van der Waals surface area contributed by atoms with Gasteiger partial charge in [-0.25, -0.2) is 4.39 Å². The van der Waals surface area contributed by atoms with Crippen LogP contribution < -0.4 is 4.90 Å². The molecular weight excluding hydrogens is 289 g/mol. The molecule has 1 heterocycles. The molecule has 1 unspecified atom stereocenters. The van der Waals surface area contributed by atoms with E-state index in [9.17, 15) is 4.39 Å². The number of hydrogen-bond donors (Lipinski definition) is 0. The van der Waals surface area contributed by atoms with Gasteiger partial charge in [-0.3, -0.25) is 0 Å². The first-order valence-electron chi connectivity index (χ1n) is 5.42. The zero-order valence-electron chi connectivity index (χ0n) is 9.25. The molecule has 88 valence electrons. The number of thioether (sulfide) groups is 1. The molecule has 0 saturated carbocycles. The van der Waals surface area contributed by atoms with Crippen molar-refractivity contribution in [3.05, 3.63) is 29.6 Å². The van der Waals surface area contributed by atoms with Crippen molar-refractivity contribution in [2.24, 2.45) is 0 Å². The summed E-state index contributed by atoms with van der Waals surface area (Å²) >= 11 is 5.39. The van der Waals surface area contributed by atoms with Crippen LogP contribution in [0.4, 0.5) is 10.1 Å². The Kier molecular flexibility index (Phi) is 4.14. The van der Waals surface area contributed by atoms with Crippen LogP contribution in [0.2, 0.25) is 0 Å². The van der Waals surface area contributed by atoms with Crippen LogP contribution in [0.1, 0.15) is 12.5 Å². The standard InChI is InChI=1S/C12H15BrFNS/c1-9-8-15(5-6-16-9)12-10(7-13)3-2-4-11(12)14/h2-4,9H,5-8H2,1H3. The Morgan fingerprint density at radius 2 is 2.38 bits per heavy atom. The zero-order chi connectivity index (χ0) is 11.5. The number of halogens is 2. The van der Waals surface area contributed by atoms with Crippen LogP contribution in [0, 0.1) is 5.82 Å². The van der Waals surface area contributed by atoms with Gasteiger partial charge in [0.15, 0.2) is 0 Å². The van der Waals surface area contributed by atoms with Gasteiger partial charge in [0.25, 0.3) is 0 Å². The molecule has 2 rings (SSSR count). The number of benzene rings is 1. The molecule has 0 amide bonds. The lowest BCUT2D eigenvalue weighted by molar-refractivity contribution is 0.615. The molecule has 0 aliphatic carbocycles. The van der Waals surface area contributed by atoms with Gasteiger partial charge in [0.2, 0.25) is 0 Å². The van der Waals surface area contributed by atoms with E-state index in [1.165, 1.54) is 0 Å². The van der Waals surface area contributed by atoms with Gasteiger partial charge in [0.1, 0.15) is 5.82 Å². The van der Waals surface area contributed by atoms with Crippen LogP contribution in [0.5, 0.6) is 0 Å². The Balaban J connectivity index is 2.30. The first kappa shape index (κ1) is 12.2. The second-order valence-corrected chi connectivity index (χ2v) is 6.12. The highest BCUT2D eigenvalue weighted by molar-refractivity contribution is 9.08. The molecule has 0 N–H and O–H groups in total. The van der Waals surface area contributed by atoms with Crippen molar-refractivity contribution in [3.63, 3.8) is 0 Å². The lowest BCUT2D eigenvalue weighted by atomic mass is 10.1. The van der Waals surface area contributed by atoms with Crippen molar-refractivity contribution >= 4 is 33.4 Å². The third kappa shape index (κ3) is 2.54. The van der Waals surface area contributed by atoms with Crippen LogP contribution in [-0.2, 0) is 5.33 Å². The first-order valence-corrected chi connectivity index (χ1v) is 7.59. The average molecular weight is 304 g/mol. The molecule has 16 heavy (non-hydrogen) atoms. The van der Waals surface area contributed by atoms with E-state index in [-0.39, 0.29) is 5.82 Å². The summed E-state index contributed by atoms with van der Waals surface area (Å²) in [6.45, 7) is 4.08. The largest absolute Gasteiger partial charge is 0.367 e. The van der Waals surface area contributed by atoms with Gasteiger partial charge in [-0.1, -0.05) is 35.0 Å². The molecule has 1 nitrogen and oxygen atoms in total. The number of anilines is 1. The molecule has 1 aliphatic heterocycles. The summed E-state index contributed by atoms with van der Waals surface area (Å²) in [5, 5.41) is 1.29. The van der Waals surface area contributed by atoms with Gasteiger partial charge in [-0.05, 0) is 11.6 Å². The molecule has 1 atom stereocenters. The minimum absolute atomic E-state index is 0.101.